The Balaban J connectivity index is 2.55. The number of halogens is 4. The van der Waals surface area contributed by atoms with Crippen LogP contribution in [-0.2, 0) is 13.2 Å². The number of hydrogen-bond donors (Lipinski definition) is 1. The molecule has 1 aromatic rings. The summed E-state index contributed by atoms with van der Waals surface area (Å²) in [6, 6.07) is -0.315. The molecule has 1 aliphatic rings. The number of nitrogens with zero attached hydrogens (tertiary/aromatic N) is 2. The number of aryl methyl sites for hydroxylation is 1. The van der Waals surface area contributed by atoms with Crippen molar-refractivity contribution in [2.24, 2.45) is 18.2 Å². The summed E-state index contributed by atoms with van der Waals surface area (Å²) in [5.41, 5.74) is 4.54. The Morgan fingerprint density at radius 3 is 2.24 bits per heavy atom. The number of hydrogen-bond acceptors (Lipinski definition) is 2. The van der Waals surface area contributed by atoms with E-state index in [1.165, 1.54) is 7.05 Å². The first-order chi connectivity index (χ1) is 7.58. The van der Waals surface area contributed by atoms with Gasteiger partial charge in [-0.05, 0) is 5.41 Å². The zero-order valence-electron chi connectivity index (χ0n) is 9.64. The molecule has 0 amide bonds. The average molecular weight is 268 g/mol. The molecule has 0 saturated heterocycles. The van der Waals surface area contributed by atoms with Crippen LogP contribution in [0.3, 0.4) is 0 Å². The smallest absolute Gasteiger partial charge is 0.327 e. The van der Waals surface area contributed by atoms with E-state index in [0.717, 1.165) is 4.68 Å². The van der Waals surface area contributed by atoms with E-state index in [4.69, 9.17) is 17.3 Å². The van der Waals surface area contributed by atoms with Crippen molar-refractivity contribution in [2.75, 3.05) is 0 Å². The Kier molecular flexibility index (Phi) is 2.53. The van der Waals surface area contributed by atoms with E-state index in [1.807, 2.05) is 13.8 Å². The summed E-state index contributed by atoms with van der Waals surface area (Å²) in [6.45, 7) is 3.65. The van der Waals surface area contributed by atoms with Crippen LogP contribution in [0.1, 0.15) is 31.0 Å². The quantitative estimate of drug-likeness (QED) is 0.850. The van der Waals surface area contributed by atoms with Gasteiger partial charge in [-0.3, -0.25) is 4.68 Å². The molecule has 0 aliphatic heterocycles. The largest absolute Gasteiger partial charge is 0.435 e. The first-order valence-corrected chi connectivity index (χ1v) is 5.51. The van der Waals surface area contributed by atoms with Crippen molar-refractivity contribution < 1.29 is 13.2 Å². The summed E-state index contributed by atoms with van der Waals surface area (Å²) >= 11 is 5.89. The van der Waals surface area contributed by atoms with Gasteiger partial charge in [0.1, 0.15) is 5.15 Å². The zero-order chi connectivity index (χ0) is 13.2. The summed E-state index contributed by atoms with van der Waals surface area (Å²) in [7, 11) is 1.39. The summed E-state index contributed by atoms with van der Waals surface area (Å²) in [5, 5.41) is 3.46. The standard InChI is InChI=1S/C10H13ClF3N3/c1-9(2)5(6(9)15)4-7(10(12,13)14)16-17(3)8(4)11/h5-6H,15H2,1-3H3/t5-,6-/m0/s1. The maximum Gasteiger partial charge on any atom is 0.435 e. The highest BCUT2D eigenvalue weighted by molar-refractivity contribution is 6.30. The fourth-order valence-electron chi connectivity index (χ4n) is 2.23. The Hall–Kier alpha value is -0.750. The molecular formula is C10H13ClF3N3. The van der Waals surface area contributed by atoms with Crippen LogP contribution in [0.25, 0.3) is 0 Å². The van der Waals surface area contributed by atoms with Crippen LogP contribution in [-0.4, -0.2) is 15.8 Å². The van der Waals surface area contributed by atoms with Crippen LogP contribution < -0.4 is 5.73 Å². The van der Waals surface area contributed by atoms with E-state index in [-0.39, 0.29) is 28.1 Å². The molecule has 7 heteroatoms. The third-order valence-electron chi connectivity index (χ3n) is 3.50. The lowest BCUT2D eigenvalue weighted by molar-refractivity contribution is -0.142. The Labute approximate surface area is 102 Å². The van der Waals surface area contributed by atoms with E-state index >= 15 is 0 Å². The summed E-state index contributed by atoms with van der Waals surface area (Å²) in [4.78, 5) is 0. The molecule has 1 saturated carbocycles. The molecule has 17 heavy (non-hydrogen) atoms. The van der Waals surface area contributed by atoms with Gasteiger partial charge in [0, 0.05) is 24.6 Å². The molecule has 2 atom stereocenters. The van der Waals surface area contributed by atoms with Gasteiger partial charge in [0.05, 0.1) is 0 Å². The predicted molar refractivity (Wildman–Crippen MR) is 57.7 cm³/mol. The number of aromatic nitrogens is 2. The highest BCUT2D eigenvalue weighted by Gasteiger charge is 2.60. The third kappa shape index (κ3) is 1.74. The number of rotatable bonds is 1. The molecule has 1 fully saturated rings. The molecule has 96 valence electrons. The number of nitrogens with two attached hydrogens (primary N) is 1. The maximum atomic E-state index is 12.8. The van der Waals surface area contributed by atoms with E-state index in [0.29, 0.717) is 0 Å². The van der Waals surface area contributed by atoms with Gasteiger partial charge in [0.15, 0.2) is 5.69 Å². The normalized spacial score (nSPS) is 27.3. The fraction of sp³-hybridized carbons (Fsp3) is 0.700. The lowest BCUT2D eigenvalue weighted by atomic mass is 10.0. The molecule has 0 aromatic carbocycles. The van der Waals surface area contributed by atoms with Crippen LogP contribution in [0, 0.1) is 5.41 Å². The minimum atomic E-state index is -4.50. The van der Waals surface area contributed by atoms with Gasteiger partial charge in [-0.1, -0.05) is 25.4 Å². The summed E-state index contributed by atoms with van der Waals surface area (Å²) in [6.07, 6.45) is -4.50. The zero-order valence-corrected chi connectivity index (χ0v) is 10.4. The highest BCUT2D eigenvalue weighted by Crippen LogP contribution is 2.60. The average Bonchev–Trinajstić information content (AvgIpc) is 2.50. The van der Waals surface area contributed by atoms with Crippen molar-refractivity contribution in [2.45, 2.75) is 32.0 Å². The molecule has 1 heterocycles. The summed E-state index contributed by atoms with van der Waals surface area (Å²) < 4.78 is 39.5. The first kappa shape index (κ1) is 12.7. The van der Waals surface area contributed by atoms with Crippen molar-refractivity contribution in [1.29, 1.82) is 0 Å². The van der Waals surface area contributed by atoms with Gasteiger partial charge in [0.25, 0.3) is 0 Å². The van der Waals surface area contributed by atoms with E-state index in [2.05, 4.69) is 5.10 Å². The van der Waals surface area contributed by atoms with Gasteiger partial charge in [0.2, 0.25) is 0 Å². The van der Waals surface area contributed by atoms with Crippen LogP contribution in [0.5, 0.6) is 0 Å². The molecule has 3 nitrogen and oxygen atoms in total. The van der Waals surface area contributed by atoms with E-state index < -0.39 is 11.9 Å². The van der Waals surface area contributed by atoms with Gasteiger partial charge in [-0.15, -0.1) is 0 Å². The Bertz CT molecular complexity index is 464. The van der Waals surface area contributed by atoms with Crippen molar-refractivity contribution in [3.8, 4) is 0 Å². The second-order valence-corrected chi connectivity index (χ2v) is 5.36. The van der Waals surface area contributed by atoms with Crippen molar-refractivity contribution in [1.82, 2.24) is 9.78 Å². The van der Waals surface area contributed by atoms with Crippen molar-refractivity contribution >= 4 is 11.6 Å². The first-order valence-electron chi connectivity index (χ1n) is 5.13. The molecule has 0 bridgehead atoms. The molecule has 0 unspecified atom stereocenters. The third-order valence-corrected chi connectivity index (χ3v) is 3.95. The molecular weight excluding hydrogens is 255 g/mol. The van der Waals surface area contributed by atoms with E-state index in [9.17, 15) is 13.2 Å². The second-order valence-electron chi connectivity index (χ2n) is 5.00. The molecule has 2 rings (SSSR count). The maximum absolute atomic E-state index is 12.8. The Morgan fingerprint density at radius 2 is 1.88 bits per heavy atom. The second kappa shape index (κ2) is 3.38. The fourth-order valence-corrected chi connectivity index (χ4v) is 2.48. The van der Waals surface area contributed by atoms with Crippen LogP contribution in [0.15, 0.2) is 0 Å². The predicted octanol–water partition coefficient (Wildman–Crippen LogP) is 2.54. The van der Waals surface area contributed by atoms with Crippen LogP contribution in [0.2, 0.25) is 5.15 Å². The minimum Gasteiger partial charge on any atom is -0.327 e. The Morgan fingerprint density at radius 1 is 1.41 bits per heavy atom. The highest BCUT2D eigenvalue weighted by atomic mass is 35.5. The van der Waals surface area contributed by atoms with E-state index in [1.54, 1.807) is 0 Å². The summed E-state index contributed by atoms with van der Waals surface area (Å²) in [5.74, 6) is -0.389. The van der Waals surface area contributed by atoms with Gasteiger partial charge >= 0.3 is 6.18 Å². The van der Waals surface area contributed by atoms with Crippen LogP contribution in [0.4, 0.5) is 13.2 Å². The molecule has 1 aliphatic carbocycles. The molecule has 0 radical (unpaired) electrons. The minimum absolute atomic E-state index is 0.0170. The molecule has 2 N–H and O–H groups in total. The monoisotopic (exact) mass is 267 g/mol. The van der Waals surface area contributed by atoms with Gasteiger partial charge in [-0.2, -0.15) is 18.3 Å². The van der Waals surface area contributed by atoms with Crippen molar-refractivity contribution in [3.05, 3.63) is 16.4 Å². The SMILES string of the molecule is Cn1nc(C(F)(F)F)c([C@H]2[C@H](N)C2(C)C)c1Cl. The van der Waals surface area contributed by atoms with Crippen LogP contribution >= 0.6 is 11.6 Å². The lowest BCUT2D eigenvalue weighted by Crippen LogP contribution is -2.10. The van der Waals surface area contributed by atoms with Gasteiger partial charge in [-0.25, -0.2) is 0 Å². The van der Waals surface area contributed by atoms with Crippen molar-refractivity contribution in [3.63, 3.8) is 0 Å². The van der Waals surface area contributed by atoms with Gasteiger partial charge < -0.3 is 5.73 Å². The molecule has 0 spiro atoms. The number of alkyl halides is 3. The lowest BCUT2D eigenvalue weighted by Gasteiger charge is -2.07. The topological polar surface area (TPSA) is 43.8 Å². The molecule has 1 aromatic heterocycles.